The van der Waals surface area contributed by atoms with Crippen LogP contribution in [0.1, 0.15) is 43.6 Å². The molecular weight excluding hydrogens is 432 g/mol. The zero-order valence-electron chi connectivity index (χ0n) is 19.9. The predicted octanol–water partition coefficient (Wildman–Crippen LogP) is 3.55. The van der Waals surface area contributed by atoms with E-state index in [1.807, 2.05) is 45.0 Å². The molecule has 2 atom stereocenters. The molecule has 2 unspecified atom stereocenters. The Morgan fingerprint density at radius 2 is 2.03 bits per heavy atom. The minimum atomic E-state index is -1.05. The van der Waals surface area contributed by atoms with Crippen molar-refractivity contribution in [1.29, 1.82) is 0 Å². The summed E-state index contributed by atoms with van der Waals surface area (Å²) in [6, 6.07) is 12.1. The van der Waals surface area contributed by atoms with E-state index in [1.54, 1.807) is 30.2 Å². The molecule has 3 heterocycles. The zero-order valence-corrected chi connectivity index (χ0v) is 19.9. The highest BCUT2D eigenvalue weighted by molar-refractivity contribution is 6.08. The minimum Gasteiger partial charge on any atom is -0.508 e. The molecule has 34 heavy (non-hydrogen) atoms. The summed E-state index contributed by atoms with van der Waals surface area (Å²) in [7, 11) is 1.63. The Morgan fingerprint density at radius 1 is 1.24 bits per heavy atom. The molecule has 0 aliphatic carbocycles. The summed E-state index contributed by atoms with van der Waals surface area (Å²) in [6.07, 6.45) is 0.392. The number of hydrogen-bond donors (Lipinski definition) is 3. The number of ether oxygens (including phenoxy) is 1. The fourth-order valence-corrected chi connectivity index (χ4v) is 5.32. The molecule has 5 rings (SSSR count). The lowest BCUT2D eigenvalue weighted by atomic mass is 9.81. The van der Waals surface area contributed by atoms with Crippen LogP contribution in [0.3, 0.4) is 0 Å². The number of aromatic nitrogens is 1. The van der Waals surface area contributed by atoms with Gasteiger partial charge < -0.3 is 20.1 Å². The quantitative estimate of drug-likeness (QED) is 0.487. The number of imide groups is 1. The molecule has 0 spiro atoms. The fraction of sp³-hybridized carbons (Fsp3) is 0.385. The van der Waals surface area contributed by atoms with E-state index in [0.717, 1.165) is 33.5 Å². The lowest BCUT2D eigenvalue weighted by Gasteiger charge is -2.42. The Bertz CT molecular complexity index is 1280. The SMILES string of the molecule is COc1ccc2[nH]c3c(c2c1)CC1(C)C(=O)N(CCNC(C)C)C(=O)N1C3c1cccc(O)c1. The predicted molar refractivity (Wildman–Crippen MR) is 129 cm³/mol. The largest absolute Gasteiger partial charge is 0.508 e. The topological polar surface area (TPSA) is 97.9 Å². The van der Waals surface area contributed by atoms with E-state index >= 15 is 0 Å². The summed E-state index contributed by atoms with van der Waals surface area (Å²) in [4.78, 5) is 34.0. The van der Waals surface area contributed by atoms with Crippen LogP contribution in [0.15, 0.2) is 42.5 Å². The van der Waals surface area contributed by atoms with Crippen molar-refractivity contribution in [3.63, 3.8) is 0 Å². The second-order valence-electron chi connectivity index (χ2n) is 9.60. The van der Waals surface area contributed by atoms with Gasteiger partial charge in [-0.1, -0.05) is 26.0 Å². The molecule has 2 aliphatic rings. The third-order valence-electron chi connectivity index (χ3n) is 6.95. The zero-order chi connectivity index (χ0) is 24.2. The average molecular weight is 463 g/mol. The van der Waals surface area contributed by atoms with Crippen LogP contribution in [0.2, 0.25) is 0 Å². The van der Waals surface area contributed by atoms with Gasteiger partial charge in [0.05, 0.1) is 7.11 Å². The van der Waals surface area contributed by atoms with Gasteiger partial charge in [-0.25, -0.2) is 4.79 Å². The van der Waals surface area contributed by atoms with Gasteiger partial charge in [-0.3, -0.25) is 14.6 Å². The molecule has 3 amide bonds. The van der Waals surface area contributed by atoms with Crippen LogP contribution < -0.4 is 10.1 Å². The van der Waals surface area contributed by atoms with Crippen LogP contribution in [0.4, 0.5) is 4.79 Å². The van der Waals surface area contributed by atoms with E-state index in [4.69, 9.17) is 4.74 Å². The number of carbonyl (C=O) groups is 2. The number of carbonyl (C=O) groups excluding carboxylic acids is 2. The van der Waals surface area contributed by atoms with Crippen LogP contribution in [0, 0.1) is 0 Å². The Kier molecular flexibility index (Phi) is 5.28. The Balaban J connectivity index is 1.67. The lowest BCUT2D eigenvalue weighted by molar-refractivity contribution is -0.133. The van der Waals surface area contributed by atoms with Crippen molar-refractivity contribution in [2.75, 3.05) is 20.2 Å². The van der Waals surface area contributed by atoms with Crippen LogP contribution in [-0.4, -0.2) is 63.6 Å². The molecular formula is C26H30N4O4. The number of nitrogens with one attached hydrogen (secondary N) is 2. The summed E-state index contributed by atoms with van der Waals surface area (Å²) in [6.45, 7) is 6.74. The van der Waals surface area contributed by atoms with Gasteiger partial charge in [0.2, 0.25) is 0 Å². The third kappa shape index (κ3) is 3.32. The summed E-state index contributed by atoms with van der Waals surface area (Å²) >= 11 is 0. The lowest BCUT2D eigenvalue weighted by Crippen LogP contribution is -2.53. The van der Waals surface area contributed by atoms with Gasteiger partial charge >= 0.3 is 6.03 Å². The number of hydrogen-bond acceptors (Lipinski definition) is 5. The standard InChI is InChI=1S/C26H30N4O4/c1-15(2)27-10-11-29-24(32)26(3)14-20-19-13-18(34-4)8-9-21(19)28-22(20)23(30(26)25(29)33)16-6-5-7-17(31)12-16/h5-9,12-13,15,23,27-28,31H,10-11,14H2,1-4H3. The molecule has 3 aromatic rings. The molecule has 3 N–H and O–H groups in total. The summed E-state index contributed by atoms with van der Waals surface area (Å²) in [5, 5.41) is 14.5. The number of phenolic OH excluding ortho intramolecular Hbond substituents is 1. The van der Waals surface area contributed by atoms with Crippen molar-refractivity contribution in [2.45, 2.75) is 44.8 Å². The molecule has 0 saturated carbocycles. The van der Waals surface area contributed by atoms with E-state index in [9.17, 15) is 14.7 Å². The van der Waals surface area contributed by atoms with E-state index in [0.29, 0.717) is 19.5 Å². The number of nitrogens with zero attached hydrogens (tertiary/aromatic N) is 2. The van der Waals surface area contributed by atoms with Crippen molar-refractivity contribution in [3.05, 3.63) is 59.3 Å². The first-order valence-electron chi connectivity index (χ1n) is 11.6. The molecule has 1 saturated heterocycles. The number of amides is 3. The number of benzene rings is 2. The molecule has 1 fully saturated rings. The normalized spacial score (nSPS) is 22.0. The number of urea groups is 1. The highest BCUT2D eigenvalue weighted by Crippen LogP contribution is 2.49. The molecule has 0 bridgehead atoms. The molecule has 2 aliphatic heterocycles. The van der Waals surface area contributed by atoms with E-state index < -0.39 is 11.6 Å². The van der Waals surface area contributed by atoms with Gasteiger partial charge in [0.1, 0.15) is 23.1 Å². The van der Waals surface area contributed by atoms with Crippen molar-refractivity contribution in [2.24, 2.45) is 0 Å². The Morgan fingerprint density at radius 3 is 2.74 bits per heavy atom. The van der Waals surface area contributed by atoms with Crippen molar-refractivity contribution in [1.82, 2.24) is 20.1 Å². The number of methoxy groups -OCH3 is 1. The van der Waals surface area contributed by atoms with Gasteiger partial charge in [-0.2, -0.15) is 0 Å². The molecule has 1 aromatic heterocycles. The van der Waals surface area contributed by atoms with Crippen molar-refractivity contribution in [3.8, 4) is 11.5 Å². The first-order chi connectivity index (χ1) is 16.2. The van der Waals surface area contributed by atoms with Crippen LogP contribution >= 0.6 is 0 Å². The van der Waals surface area contributed by atoms with Crippen molar-refractivity contribution < 1.29 is 19.4 Å². The number of aromatic amines is 1. The first kappa shape index (κ1) is 22.3. The second kappa shape index (κ2) is 8.06. The first-order valence-corrected chi connectivity index (χ1v) is 11.6. The van der Waals surface area contributed by atoms with Gasteiger partial charge in [0.15, 0.2) is 0 Å². The monoisotopic (exact) mass is 462 g/mol. The number of rotatable bonds is 6. The van der Waals surface area contributed by atoms with Gasteiger partial charge in [-0.05, 0) is 48.4 Å². The van der Waals surface area contributed by atoms with E-state index in [1.165, 1.54) is 4.90 Å². The second-order valence-corrected chi connectivity index (χ2v) is 9.60. The Labute approximate surface area is 198 Å². The van der Waals surface area contributed by atoms with Gasteiger partial charge in [-0.15, -0.1) is 0 Å². The maximum atomic E-state index is 13.7. The molecule has 178 valence electrons. The number of H-pyrrole nitrogens is 1. The van der Waals surface area contributed by atoms with Crippen LogP contribution in [0.25, 0.3) is 10.9 Å². The average Bonchev–Trinajstić information content (AvgIpc) is 3.24. The highest BCUT2D eigenvalue weighted by atomic mass is 16.5. The summed E-state index contributed by atoms with van der Waals surface area (Å²) in [5.74, 6) is 0.641. The highest BCUT2D eigenvalue weighted by Gasteiger charge is 2.60. The fourth-order valence-electron chi connectivity index (χ4n) is 5.32. The minimum absolute atomic E-state index is 0.111. The number of fused-ring (bicyclic) bond motifs is 4. The van der Waals surface area contributed by atoms with E-state index in [2.05, 4.69) is 10.3 Å². The van der Waals surface area contributed by atoms with Gasteiger partial charge in [0.25, 0.3) is 5.91 Å². The van der Waals surface area contributed by atoms with Crippen LogP contribution in [-0.2, 0) is 11.2 Å². The van der Waals surface area contributed by atoms with Crippen molar-refractivity contribution >= 4 is 22.8 Å². The molecule has 8 nitrogen and oxygen atoms in total. The molecule has 2 aromatic carbocycles. The third-order valence-corrected chi connectivity index (χ3v) is 6.95. The number of phenols is 1. The molecule has 0 radical (unpaired) electrons. The Hall–Kier alpha value is -3.52. The van der Waals surface area contributed by atoms with Crippen LogP contribution in [0.5, 0.6) is 11.5 Å². The van der Waals surface area contributed by atoms with Gasteiger partial charge in [0, 0.05) is 42.1 Å². The maximum absolute atomic E-state index is 13.7. The summed E-state index contributed by atoms with van der Waals surface area (Å²) in [5.41, 5.74) is 2.46. The summed E-state index contributed by atoms with van der Waals surface area (Å²) < 4.78 is 5.45. The smallest absolute Gasteiger partial charge is 0.328 e. The van der Waals surface area contributed by atoms with E-state index in [-0.39, 0.29) is 23.7 Å². The molecule has 8 heteroatoms. The maximum Gasteiger partial charge on any atom is 0.328 e. The number of aromatic hydroxyl groups is 1.